The Hall–Kier alpha value is -2.05. The molecule has 0 unspecified atom stereocenters. The maximum Gasteiger partial charge on any atom is 0.243 e. The van der Waals surface area contributed by atoms with Gasteiger partial charge in [-0.05, 0) is 12.8 Å². The minimum atomic E-state index is 0.497. The predicted octanol–water partition coefficient (Wildman–Crippen LogP) is 0.737. The summed E-state index contributed by atoms with van der Waals surface area (Å²) in [6, 6.07) is 0. The Balaban J connectivity index is 2.05. The van der Waals surface area contributed by atoms with Crippen LogP contribution in [0.15, 0.2) is 6.33 Å². The highest BCUT2D eigenvalue weighted by molar-refractivity contribution is 5.25. The lowest BCUT2D eigenvalue weighted by Gasteiger charge is -2.06. The Morgan fingerprint density at radius 2 is 1.94 bits per heavy atom. The summed E-state index contributed by atoms with van der Waals surface area (Å²) in [4.78, 5) is 8.56. The van der Waals surface area contributed by atoms with E-state index in [1.165, 1.54) is 0 Å². The normalized spacial score (nSPS) is 10.6. The number of aryl methyl sites for hydroxylation is 3. The van der Waals surface area contributed by atoms with Crippen LogP contribution in [0.25, 0.3) is 0 Å². The van der Waals surface area contributed by atoms with Crippen molar-refractivity contribution >= 4 is 5.95 Å². The second-order valence-electron chi connectivity index (χ2n) is 3.92. The summed E-state index contributed by atoms with van der Waals surface area (Å²) < 4.78 is 1.66. The minimum Gasteiger partial charge on any atom is -0.346 e. The molecule has 0 saturated carbocycles. The molecule has 0 bridgehead atoms. The third-order valence-corrected chi connectivity index (χ3v) is 2.56. The highest BCUT2D eigenvalue weighted by Crippen LogP contribution is 2.07. The van der Waals surface area contributed by atoms with E-state index in [4.69, 9.17) is 0 Å². The van der Waals surface area contributed by atoms with Crippen molar-refractivity contribution in [3.8, 4) is 0 Å². The molecule has 18 heavy (non-hydrogen) atoms. The molecular weight excluding hydrogens is 230 g/mol. The lowest BCUT2D eigenvalue weighted by atomic mass is 10.2. The molecule has 2 aromatic heterocycles. The summed E-state index contributed by atoms with van der Waals surface area (Å²) >= 11 is 0. The molecule has 0 aromatic carbocycles. The Bertz CT molecular complexity index is 520. The van der Waals surface area contributed by atoms with Gasteiger partial charge in [0.05, 0.1) is 17.9 Å². The average molecular weight is 247 g/mol. The predicted molar refractivity (Wildman–Crippen MR) is 66.9 cm³/mol. The van der Waals surface area contributed by atoms with Crippen LogP contribution in [0.3, 0.4) is 0 Å². The molecule has 0 aliphatic heterocycles. The van der Waals surface area contributed by atoms with Crippen molar-refractivity contribution in [3.05, 3.63) is 23.5 Å². The van der Waals surface area contributed by atoms with Crippen molar-refractivity contribution in [2.75, 3.05) is 5.32 Å². The highest BCUT2D eigenvalue weighted by Gasteiger charge is 2.06. The van der Waals surface area contributed by atoms with Crippen LogP contribution in [0.2, 0.25) is 0 Å². The van der Waals surface area contributed by atoms with E-state index in [-0.39, 0.29) is 0 Å². The summed E-state index contributed by atoms with van der Waals surface area (Å²) in [6.45, 7) is 4.61. The van der Waals surface area contributed by atoms with E-state index < -0.39 is 0 Å². The number of rotatable bonds is 5. The van der Waals surface area contributed by atoms with E-state index in [9.17, 15) is 0 Å². The second kappa shape index (κ2) is 5.52. The number of aromatic nitrogens is 6. The standard InChI is InChI=1S/C11H17N7/c1-4-8-9(5-2)15-16-11(14-8)12-6-10-13-7-18(3)17-10/h7H,4-6H2,1-3H3,(H,12,14,16). The van der Waals surface area contributed by atoms with Crippen LogP contribution in [-0.2, 0) is 26.4 Å². The summed E-state index contributed by atoms with van der Waals surface area (Å²) in [5.74, 6) is 1.23. The fourth-order valence-corrected chi connectivity index (χ4v) is 1.64. The lowest BCUT2D eigenvalue weighted by molar-refractivity contribution is 0.744. The maximum absolute atomic E-state index is 4.44. The van der Waals surface area contributed by atoms with Gasteiger partial charge in [0.25, 0.3) is 0 Å². The number of nitrogens with zero attached hydrogens (tertiary/aromatic N) is 6. The Kier molecular flexibility index (Phi) is 3.81. The molecule has 2 aromatic rings. The molecule has 0 radical (unpaired) electrons. The average Bonchev–Trinajstić information content (AvgIpc) is 2.81. The molecule has 2 heterocycles. The number of hydrogen-bond acceptors (Lipinski definition) is 6. The van der Waals surface area contributed by atoms with Gasteiger partial charge in [0.1, 0.15) is 6.33 Å². The zero-order valence-corrected chi connectivity index (χ0v) is 10.9. The summed E-state index contributed by atoms with van der Waals surface area (Å²) in [6.07, 6.45) is 3.37. The molecule has 2 rings (SSSR count). The van der Waals surface area contributed by atoms with Gasteiger partial charge in [0.15, 0.2) is 5.82 Å². The molecule has 0 spiro atoms. The topological polar surface area (TPSA) is 81.4 Å². The van der Waals surface area contributed by atoms with Crippen molar-refractivity contribution in [1.82, 2.24) is 29.9 Å². The van der Waals surface area contributed by atoms with Gasteiger partial charge in [-0.15, -0.1) is 5.10 Å². The van der Waals surface area contributed by atoms with Crippen LogP contribution < -0.4 is 5.32 Å². The lowest BCUT2D eigenvalue weighted by Crippen LogP contribution is -2.10. The molecule has 0 saturated heterocycles. The van der Waals surface area contributed by atoms with E-state index in [1.807, 2.05) is 7.05 Å². The van der Waals surface area contributed by atoms with Crippen molar-refractivity contribution < 1.29 is 0 Å². The smallest absolute Gasteiger partial charge is 0.243 e. The third-order valence-electron chi connectivity index (χ3n) is 2.56. The molecule has 0 amide bonds. The van der Waals surface area contributed by atoms with E-state index in [0.29, 0.717) is 18.3 Å². The Morgan fingerprint density at radius 1 is 1.17 bits per heavy atom. The highest BCUT2D eigenvalue weighted by atomic mass is 15.3. The molecule has 0 aliphatic carbocycles. The third kappa shape index (κ3) is 2.79. The molecular formula is C11H17N7. The van der Waals surface area contributed by atoms with Crippen LogP contribution in [0.5, 0.6) is 0 Å². The number of hydrogen-bond donors (Lipinski definition) is 1. The van der Waals surface area contributed by atoms with E-state index in [2.05, 4.69) is 44.4 Å². The van der Waals surface area contributed by atoms with Crippen LogP contribution in [0.4, 0.5) is 5.95 Å². The SMILES string of the molecule is CCc1nnc(NCc2ncn(C)n2)nc1CC. The summed E-state index contributed by atoms with van der Waals surface area (Å²) in [5.41, 5.74) is 1.95. The fourth-order valence-electron chi connectivity index (χ4n) is 1.64. The number of nitrogens with one attached hydrogen (secondary N) is 1. The number of anilines is 1. The first-order valence-corrected chi connectivity index (χ1v) is 6.03. The van der Waals surface area contributed by atoms with Crippen molar-refractivity contribution in [1.29, 1.82) is 0 Å². The Morgan fingerprint density at radius 3 is 2.56 bits per heavy atom. The van der Waals surface area contributed by atoms with Gasteiger partial charge in [-0.2, -0.15) is 10.2 Å². The van der Waals surface area contributed by atoms with Gasteiger partial charge in [-0.3, -0.25) is 4.68 Å². The summed E-state index contributed by atoms with van der Waals surface area (Å²) in [5, 5.41) is 15.5. The van der Waals surface area contributed by atoms with Crippen LogP contribution in [-0.4, -0.2) is 29.9 Å². The zero-order valence-electron chi connectivity index (χ0n) is 10.9. The molecule has 0 aliphatic rings. The van der Waals surface area contributed by atoms with E-state index >= 15 is 0 Å². The molecule has 0 fully saturated rings. The molecule has 7 nitrogen and oxygen atoms in total. The van der Waals surface area contributed by atoms with Gasteiger partial charge in [-0.25, -0.2) is 9.97 Å². The van der Waals surface area contributed by atoms with Gasteiger partial charge in [0.2, 0.25) is 5.95 Å². The monoisotopic (exact) mass is 247 g/mol. The van der Waals surface area contributed by atoms with Gasteiger partial charge in [0, 0.05) is 7.05 Å². The van der Waals surface area contributed by atoms with E-state index in [0.717, 1.165) is 24.2 Å². The quantitative estimate of drug-likeness (QED) is 0.839. The van der Waals surface area contributed by atoms with E-state index in [1.54, 1.807) is 11.0 Å². The molecule has 0 atom stereocenters. The zero-order chi connectivity index (χ0) is 13.0. The first kappa shape index (κ1) is 12.4. The first-order chi connectivity index (χ1) is 8.72. The second-order valence-corrected chi connectivity index (χ2v) is 3.92. The summed E-state index contributed by atoms with van der Waals surface area (Å²) in [7, 11) is 1.83. The van der Waals surface area contributed by atoms with Crippen molar-refractivity contribution in [2.45, 2.75) is 33.2 Å². The first-order valence-electron chi connectivity index (χ1n) is 6.03. The van der Waals surface area contributed by atoms with Crippen molar-refractivity contribution in [3.63, 3.8) is 0 Å². The maximum atomic E-state index is 4.44. The minimum absolute atomic E-state index is 0.497. The molecule has 7 heteroatoms. The largest absolute Gasteiger partial charge is 0.346 e. The van der Waals surface area contributed by atoms with Crippen molar-refractivity contribution in [2.24, 2.45) is 7.05 Å². The van der Waals surface area contributed by atoms with Gasteiger partial charge >= 0.3 is 0 Å². The molecule has 96 valence electrons. The Labute approximate surface area is 106 Å². The molecule has 1 N–H and O–H groups in total. The van der Waals surface area contributed by atoms with Gasteiger partial charge in [-0.1, -0.05) is 13.8 Å². The van der Waals surface area contributed by atoms with Gasteiger partial charge < -0.3 is 5.32 Å². The van der Waals surface area contributed by atoms with Crippen LogP contribution in [0.1, 0.15) is 31.1 Å². The van der Waals surface area contributed by atoms with Crippen LogP contribution in [0, 0.1) is 0 Å². The van der Waals surface area contributed by atoms with Crippen LogP contribution >= 0.6 is 0 Å². The fraction of sp³-hybridized carbons (Fsp3) is 0.545.